The summed E-state index contributed by atoms with van der Waals surface area (Å²) in [6.07, 6.45) is 4.99. The molecule has 2 aliphatic heterocycles. The zero-order valence-electron chi connectivity index (χ0n) is 12.0. The number of aliphatic carboxylic acids is 1. The number of hydrogen-bond donors (Lipinski definition) is 2. The molecule has 0 aromatic heterocycles. The molecule has 2 rings (SSSR count). The average Bonchev–Trinajstić information content (AvgIpc) is 2.96. The second-order valence-corrected chi connectivity index (χ2v) is 5.76. The van der Waals surface area contributed by atoms with Crippen LogP contribution in [0.5, 0.6) is 0 Å². The Morgan fingerprint density at radius 2 is 1.90 bits per heavy atom. The number of nitrogens with zero attached hydrogens (tertiary/aromatic N) is 2. The average molecular weight is 283 g/mol. The van der Waals surface area contributed by atoms with Crippen LogP contribution >= 0.6 is 0 Å². The summed E-state index contributed by atoms with van der Waals surface area (Å²) in [5.41, 5.74) is 0. The van der Waals surface area contributed by atoms with Crippen LogP contribution in [0.2, 0.25) is 0 Å². The first-order chi connectivity index (χ1) is 9.66. The summed E-state index contributed by atoms with van der Waals surface area (Å²) in [5.74, 6) is -1.20. The number of nitrogens with one attached hydrogen (secondary N) is 1. The number of amides is 2. The van der Waals surface area contributed by atoms with Crippen LogP contribution in [0.1, 0.15) is 32.1 Å². The molecule has 20 heavy (non-hydrogen) atoms. The van der Waals surface area contributed by atoms with E-state index in [1.165, 1.54) is 25.9 Å². The lowest BCUT2D eigenvalue weighted by atomic mass is 9.99. The number of carbonyl (C=O) groups excluding carboxylic acids is 1. The van der Waals surface area contributed by atoms with Crippen LogP contribution in [0.3, 0.4) is 0 Å². The number of carbonyl (C=O) groups is 2. The van der Waals surface area contributed by atoms with E-state index in [4.69, 9.17) is 5.11 Å². The fraction of sp³-hybridized carbons (Fsp3) is 0.857. The van der Waals surface area contributed by atoms with Crippen molar-refractivity contribution in [2.24, 2.45) is 5.92 Å². The molecule has 0 aromatic rings. The number of piperidine rings is 1. The first kappa shape index (κ1) is 15.1. The highest BCUT2D eigenvalue weighted by molar-refractivity contribution is 5.76. The van der Waals surface area contributed by atoms with Crippen molar-refractivity contribution >= 4 is 12.0 Å². The Bertz CT molecular complexity index is 343. The summed E-state index contributed by atoms with van der Waals surface area (Å²) in [6, 6.07) is -0.114. The summed E-state index contributed by atoms with van der Waals surface area (Å²) in [6.45, 7) is 5.08. The fourth-order valence-electron chi connectivity index (χ4n) is 2.98. The molecule has 0 saturated carbocycles. The Kier molecular flexibility index (Phi) is 5.64. The smallest absolute Gasteiger partial charge is 0.317 e. The molecule has 0 aromatic carbocycles. The molecular weight excluding hydrogens is 258 g/mol. The molecule has 0 spiro atoms. The minimum Gasteiger partial charge on any atom is -0.481 e. The predicted molar refractivity (Wildman–Crippen MR) is 75.6 cm³/mol. The van der Waals surface area contributed by atoms with E-state index in [1.807, 2.05) is 0 Å². The van der Waals surface area contributed by atoms with Crippen molar-refractivity contribution < 1.29 is 14.7 Å². The van der Waals surface area contributed by atoms with Gasteiger partial charge in [0.15, 0.2) is 0 Å². The van der Waals surface area contributed by atoms with E-state index >= 15 is 0 Å². The van der Waals surface area contributed by atoms with E-state index < -0.39 is 11.9 Å². The third-order valence-corrected chi connectivity index (χ3v) is 4.18. The number of urea groups is 1. The predicted octanol–water partition coefficient (Wildman–Crippen LogP) is 0.978. The van der Waals surface area contributed by atoms with Crippen LogP contribution in [0.4, 0.5) is 4.79 Å². The Hall–Kier alpha value is -1.30. The number of carboxylic acids is 1. The molecule has 6 nitrogen and oxygen atoms in total. The van der Waals surface area contributed by atoms with Crippen LogP contribution in [-0.2, 0) is 4.79 Å². The van der Waals surface area contributed by atoms with Gasteiger partial charge in [0.2, 0.25) is 0 Å². The van der Waals surface area contributed by atoms with Crippen molar-refractivity contribution in [1.29, 1.82) is 0 Å². The van der Waals surface area contributed by atoms with Crippen LogP contribution in [-0.4, -0.2) is 66.2 Å². The molecule has 2 aliphatic rings. The molecule has 2 heterocycles. The van der Waals surface area contributed by atoms with Gasteiger partial charge in [-0.05, 0) is 51.7 Å². The highest BCUT2D eigenvalue weighted by atomic mass is 16.4. The quantitative estimate of drug-likeness (QED) is 0.738. The summed E-state index contributed by atoms with van der Waals surface area (Å²) < 4.78 is 0. The lowest BCUT2D eigenvalue weighted by Gasteiger charge is -2.30. The monoisotopic (exact) mass is 283 g/mol. The van der Waals surface area contributed by atoms with Crippen LogP contribution in [0.15, 0.2) is 0 Å². The Balaban J connectivity index is 1.62. The number of rotatable bonds is 5. The van der Waals surface area contributed by atoms with Gasteiger partial charge in [0, 0.05) is 19.6 Å². The molecule has 0 unspecified atom stereocenters. The summed E-state index contributed by atoms with van der Waals surface area (Å²) in [5, 5.41) is 11.9. The van der Waals surface area contributed by atoms with E-state index in [0.717, 1.165) is 19.4 Å². The number of hydrogen-bond acceptors (Lipinski definition) is 3. The maximum Gasteiger partial charge on any atom is 0.317 e. The largest absolute Gasteiger partial charge is 0.481 e. The first-order valence-electron chi connectivity index (χ1n) is 7.65. The van der Waals surface area contributed by atoms with Gasteiger partial charge in [0.25, 0.3) is 0 Å². The van der Waals surface area contributed by atoms with E-state index in [-0.39, 0.29) is 6.03 Å². The van der Waals surface area contributed by atoms with Crippen molar-refractivity contribution in [3.63, 3.8) is 0 Å². The minimum absolute atomic E-state index is 0.114. The van der Waals surface area contributed by atoms with Gasteiger partial charge in [-0.3, -0.25) is 4.79 Å². The summed E-state index contributed by atoms with van der Waals surface area (Å²) in [7, 11) is 0. The van der Waals surface area contributed by atoms with Gasteiger partial charge >= 0.3 is 12.0 Å². The minimum atomic E-state index is -0.795. The zero-order chi connectivity index (χ0) is 14.4. The van der Waals surface area contributed by atoms with Crippen molar-refractivity contribution in [3.05, 3.63) is 0 Å². The molecule has 0 aliphatic carbocycles. The standard InChI is InChI=1S/C14H25N3O3/c18-13(19)12-5-3-10-17(11-12)14(20)15-6-4-9-16-7-1-2-8-16/h12H,1-11H2,(H,15,20)(H,18,19)/t12-/m1/s1. The van der Waals surface area contributed by atoms with Gasteiger partial charge < -0.3 is 20.2 Å². The van der Waals surface area contributed by atoms with Crippen molar-refractivity contribution in [2.45, 2.75) is 32.1 Å². The van der Waals surface area contributed by atoms with Gasteiger partial charge in [-0.15, -0.1) is 0 Å². The van der Waals surface area contributed by atoms with Crippen LogP contribution < -0.4 is 5.32 Å². The first-order valence-corrected chi connectivity index (χ1v) is 7.65. The maximum atomic E-state index is 12.0. The van der Waals surface area contributed by atoms with Crippen molar-refractivity contribution in [3.8, 4) is 0 Å². The molecule has 0 bridgehead atoms. The SMILES string of the molecule is O=C(O)[C@@H]1CCCN(C(=O)NCCCN2CCCC2)C1. The molecule has 6 heteroatoms. The third kappa shape index (κ3) is 4.37. The summed E-state index contributed by atoms with van der Waals surface area (Å²) in [4.78, 5) is 27.0. The third-order valence-electron chi connectivity index (χ3n) is 4.18. The van der Waals surface area contributed by atoms with E-state index in [9.17, 15) is 9.59 Å². The Morgan fingerprint density at radius 1 is 1.15 bits per heavy atom. The van der Waals surface area contributed by atoms with Gasteiger partial charge in [-0.1, -0.05) is 0 Å². The van der Waals surface area contributed by atoms with Crippen LogP contribution in [0, 0.1) is 5.92 Å². The van der Waals surface area contributed by atoms with Crippen molar-refractivity contribution in [1.82, 2.24) is 15.1 Å². The fourth-order valence-corrected chi connectivity index (χ4v) is 2.98. The number of carboxylic acid groups (broad SMARTS) is 1. The van der Waals surface area contributed by atoms with E-state index in [0.29, 0.717) is 26.1 Å². The molecule has 2 amide bonds. The lowest BCUT2D eigenvalue weighted by molar-refractivity contribution is -0.143. The molecule has 2 fully saturated rings. The Morgan fingerprint density at radius 3 is 2.60 bits per heavy atom. The molecule has 1 atom stereocenters. The highest BCUT2D eigenvalue weighted by Gasteiger charge is 2.27. The zero-order valence-corrected chi connectivity index (χ0v) is 12.0. The van der Waals surface area contributed by atoms with Gasteiger partial charge in [0.05, 0.1) is 5.92 Å². The summed E-state index contributed by atoms with van der Waals surface area (Å²) >= 11 is 0. The van der Waals surface area contributed by atoms with Crippen LogP contribution in [0.25, 0.3) is 0 Å². The van der Waals surface area contributed by atoms with E-state index in [2.05, 4.69) is 10.2 Å². The Labute approximate surface area is 120 Å². The van der Waals surface area contributed by atoms with Gasteiger partial charge in [-0.2, -0.15) is 0 Å². The topological polar surface area (TPSA) is 72.9 Å². The second kappa shape index (κ2) is 7.47. The molecule has 114 valence electrons. The van der Waals surface area contributed by atoms with E-state index in [1.54, 1.807) is 4.90 Å². The molecule has 2 N–H and O–H groups in total. The molecule has 2 saturated heterocycles. The van der Waals surface area contributed by atoms with Gasteiger partial charge in [0.1, 0.15) is 0 Å². The van der Waals surface area contributed by atoms with Gasteiger partial charge in [-0.25, -0.2) is 4.79 Å². The normalized spacial score (nSPS) is 23.8. The van der Waals surface area contributed by atoms with Crippen molar-refractivity contribution in [2.75, 3.05) is 39.3 Å². The molecular formula is C14H25N3O3. The molecule has 0 radical (unpaired) electrons. The highest BCUT2D eigenvalue weighted by Crippen LogP contribution is 2.16. The number of likely N-dealkylation sites (tertiary alicyclic amines) is 2. The maximum absolute atomic E-state index is 12.0. The lowest BCUT2D eigenvalue weighted by Crippen LogP contribution is -2.47. The second-order valence-electron chi connectivity index (χ2n) is 5.76.